The zero-order valence-corrected chi connectivity index (χ0v) is 12.3. The predicted octanol–water partition coefficient (Wildman–Crippen LogP) is 3.21. The number of amides is 1. The smallest absolute Gasteiger partial charge is 0.229 e. The Morgan fingerprint density at radius 1 is 1.42 bits per heavy atom. The molecular formula is C14H19FN2OS. The minimum absolute atomic E-state index is 0.00686. The van der Waals surface area contributed by atoms with Crippen molar-refractivity contribution >= 4 is 22.8 Å². The van der Waals surface area contributed by atoms with Crippen molar-refractivity contribution in [2.75, 3.05) is 5.75 Å². The molecule has 1 fully saturated rings. The summed E-state index contributed by atoms with van der Waals surface area (Å²) >= 11 is 1.50. The average Bonchev–Trinajstić information content (AvgIpc) is 2.44. The van der Waals surface area contributed by atoms with Crippen LogP contribution in [0.5, 0.6) is 0 Å². The molecule has 1 heterocycles. The topological polar surface area (TPSA) is 41.5 Å². The minimum Gasteiger partial charge on any atom is -0.305 e. The van der Waals surface area contributed by atoms with Gasteiger partial charge in [0.15, 0.2) is 5.17 Å². The van der Waals surface area contributed by atoms with E-state index in [4.69, 9.17) is 0 Å². The van der Waals surface area contributed by atoms with Crippen LogP contribution in [0, 0.1) is 11.7 Å². The van der Waals surface area contributed by atoms with E-state index in [0.29, 0.717) is 10.7 Å². The molecule has 1 aliphatic rings. The molecule has 0 bridgehead atoms. The summed E-state index contributed by atoms with van der Waals surface area (Å²) in [7, 11) is 0. The van der Waals surface area contributed by atoms with Crippen LogP contribution in [0.2, 0.25) is 0 Å². The molecule has 1 N–H and O–H groups in total. The first-order valence-corrected chi connectivity index (χ1v) is 7.37. The van der Waals surface area contributed by atoms with E-state index in [-0.39, 0.29) is 24.2 Å². The Morgan fingerprint density at radius 3 is 2.74 bits per heavy atom. The third kappa shape index (κ3) is 4.67. The van der Waals surface area contributed by atoms with Gasteiger partial charge >= 0.3 is 0 Å². The first kappa shape index (κ1) is 15.7. The molecule has 0 radical (unpaired) electrons. The first-order valence-electron chi connectivity index (χ1n) is 6.38. The van der Waals surface area contributed by atoms with Crippen LogP contribution in [-0.2, 0) is 11.3 Å². The van der Waals surface area contributed by atoms with Crippen molar-refractivity contribution in [3.63, 3.8) is 0 Å². The fourth-order valence-electron chi connectivity index (χ4n) is 1.41. The monoisotopic (exact) mass is 282 g/mol. The van der Waals surface area contributed by atoms with Crippen molar-refractivity contribution in [3.8, 4) is 0 Å². The molecule has 0 aromatic heterocycles. The average molecular weight is 282 g/mol. The molecule has 1 aromatic rings. The SMILES string of the molecule is CC.CC1CSC(=NCc2ccccc2F)NC1=O. The molecule has 1 unspecified atom stereocenters. The predicted molar refractivity (Wildman–Crippen MR) is 78.7 cm³/mol. The first-order chi connectivity index (χ1) is 9.16. The number of amidine groups is 1. The number of nitrogens with zero attached hydrogens (tertiary/aromatic N) is 1. The maximum atomic E-state index is 13.3. The number of hydrogen-bond donors (Lipinski definition) is 1. The highest BCUT2D eigenvalue weighted by molar-refractivity contribution is 8.14. The largest absolute Gasteiger partial charge is 0.305 e. The number of rotatable bonds is 2. The quantitative estimate of drug-likeness (QED) is 0.905. The second kappa shape index (κ2) is 7.94. The highest BCUT2D eigenvalue weighted by Crippen LogP contribution is 2.16. The standard InChI is InChI=1S/C12H13FN2OS.C2H6/c1-8-7-17-12(15-11(8)16)14-6-9-4-2-3-5-10(9)13;1-2/h2-5,8H,6-7H2,1H3,(H,14,15,16);1-2H3. The van der Waals surface area contributed by atoms with Gasteiger partial charge in [0.2, 0.25) is 5.91 Å². The van der Waals surface area contributed by atoms with Gasteiger partial charge < -0.3 is 5.32 Å². The number of carbonyl (C=O) groups excluding carboxylic acids is 1. The van der Waals surface area contributed by atoms with E-state index in [0.717, 1.165) is 5.75 Å². The van der Waals surface area contributed by atoms with Gasteiger partial charge in [0.1, 0.15) is 5.82 Å². The van der Waals surface area contributed by atoms with E-state index in [9.17, 15) is 9.18 Å². The fraction of sp³-hybridized carbons (Fsp3) is 0.429. The van der Waals surface area contributed by atoms with Crippen molar-refractivity contribution < 1.29 is 9.18 Å². The lowest BCUT2D eigenvalue weighted by Gasteiger charge is -2.19. The number of carbonyl (C=O) groups is 1. The molecule has 5 heteroatoms. The molecule has 1 atom stereocenters. The summed E-state index contributed by atoms with van der Waals surface area (Å²) in [6.45, 7) is 6.12. The third-order valence-corrected chi connectivity index (χ3v) is 3.67. The van der Waals surface area contributed by atoms with Gasteiger partial charge in [-0.15, -0.1) is 0 Å². The van der Waals surface area contributed by atoms with Crippen molar-refractivity contribution in [2.24, 2.45) is 10.9 Å². The van der Waals surface area contributed by atoms with Gasteiger partial charge in [0.05, 0.1) is 6.54 Å². The maximum Gasteiger partial charge on any atom is 0.229 e. The van der Waals surface area contributed by atoms with E-state index >= 15 is 0 Å². The molecule has 0 aliphatic carbocycles. The Hall–Kier alpha value is -1.36. The lowest BCUT2D eigenvalue weighted by molar-refractivity contribution is -0.122. The molecule has 1 saturated heterocycles. The summed E-state index contributed by atoms with van der Waals surface area (Å²) < 4.78 is 13.3. The molecule has 0 spiro atoms. The number of benzene rings is 1. The van der Waals surface area contributed by atoms with Crippen LogP contribution in [0.15, 0.2) is 29.3 Å². The van der Waals surface area contributed by atoms with Gasteiger partial charge in [-0.1, -0.05) is 50.7 Å². The van der Waals surface area contributed by atoms with Gasteiger partial charge in [-0.25, -0.2) is 4.39 Å². The molecule has 2 rings (SSSR count). The Balaban J connectivity index is 0.000000861. The minimum atomic E-state index is -0.266. The van der Waals surface area contributed by atoms with Crippen molar-refractivity contribution in [1.82, 2.24) is 5.32 Å². The molecule has 1 amide bonds. The summed E-state index contributed by atoms with van der Waals surface area (Å²) in [6.07, 6.45) is 0. The fourth-order valence-corrected chi connectivity index (χ4v) is 2.30. The van der Waals surface area contributed by atoms with Crippen LogP contribution in [-0.4, -0.2) is 16.8 Å². The lowest BCUT2D eigenvalue weighted by atomic mass is 10.2. The van der Waals surface area contributed by atoms with Crippen molar-refractivity contribution in [3.05, 3.63) is 35.6 Å². The molecule has 3 nitrogen and oxygen atoms in total. The van der Waals surface area contributed by atoms with Crippen LogP contribution in [0.25, 0.3) is 0 Å². The van der Waals surface area contributed by atoms with Gasteiger partial charge in [-0.2, -0.15) is 0 Å². The lowest BCUT2D eigenvalue weighted by Crippen LogP contribution is -2.39. The van der Waals surface area contributed by atoms with Crippen LogP contribution in [0.4, 0.5) is 4.39 Å². The Bertz CT molecular complexity index is 463. The van der Waals surface area contributed by atoms with Crippen LogP contribution in [0.3, 0.4) is 0 Å². The van der Waals surface area contributed by atoms with Crippen molar-refractivity contribution in [1.29, 1.82) is 0 Å². The van der Waals surface area contributed by atoms with E-state index < -0.39 is 0 Å². The van der Waals surface area contributed by atoms with E-state index in [1.54, 1.807) is 18.2 Å². The number of aliphatic imine (C=N–C) groups is 1. The van der Waals surface area contributed by atoms with E-state index in [1.165, 1.54) is 17.8 Å². The summed E-state index contributed by atoms with van der Waals surface area (Å²) in [5.74, 6) is 0.447. The van der Waals surface area contributed by atoms with Crippen LogP contribution >= 0.6 is 11.8 Å². The van der Waals surface area contributed by atoms with Crippen LogP contribution in [0.1, 0.15) is 26.3 Å². The highest BCUT2D eigenvalue weighted by atomic mass is 32.2. The molecular weight excluding hydrogens is 263 g/mol. The Labute approximate surface area is 117 Å². The highest BCUT2D eigenvalue weighted by Gasteiger charge is 2.21. The number of thioether (sulfide) groups is 1. The van der Waals surface area contributed by atoms with E-state index in [1.807, 2.05) is 20.8 Å². The second-order valence-corrected chi connectivity index (χ2v) is 4.92. The molecule has 104 valence electrons. The van der Waals surface area contributed by atoms with Gasteiger partial charge in [0, 0.05) is 17.2 Å². The Kier molecular flexibility index (Phi) is 6.56. The summed E-state index contributed by atoms with van der Waals surface area (Å²) in [4.78, 5) is 15.6. The number of nitrogens with one attached hydrogen (secondary N) is 1. The molecule has 1 aliphatic heterocycles. The molecule has 19 heavy (non-hydrogen) atoms. The normalized spacial score (nSPS) is 20.5. The van der Waals surface area contributed by atoms with E-state index in [2.05, 4.69) is 10.3 Å². The van der Waals surface area contributed by atoms with Gasteiger partial charge in [0.25, 0.3) is 0 Å². The second-order valence-electron chi connectivity index (χ2n) is 3.91. The zero-order chi connectivity index (χ0) is 14.3. The van der Waals surface area contributed by atoms with Gasteiger partial charge in [-0.05, 0) is 6.07 Å². The summed E-state index contributed by atoms with van der Waals surface area (Å²) in [5, 5.41) is 3.29. The number of halogens is 1. The molecule has 1 aromatic carbocycles. The summed E-state index contributed by atoms with van der Waals surface area (Å²) in [5.41, 5.74) is 0.536. The van der Waals surface area contributed by atoms with Gasteiger partial charge in [-0.3, -0.25) is 9.79 Å². The van der Waals surface area contributed by atoms with Crippen LogP contribution < -0.4 is 5.32 Å². The maximum absolute atomic E-state index is 13.3. The Morgan fingerprint density at radius 2 is 2.11 bits per heavy atom. The summed E-state index contributed by atoms with van der Waals surface area (Å²) in [6, 6.07) is 6.51. The number of hydrogen-bond acceptors (Lipinski definition) is 3. The zero-order valence-electron chi connectivity index (χ0n) is 11.4. The van der Waals surface area contributed by atoms with Crippen molar-refractivity contribution in [2.45, 2.75) is 27.3 Å². The molecule has 0 saturated carbocycles. The third-order valence-electron chi connectivity index (χ3n) is 2.50.